The van der Waals surface area contributed by atoms with E-state index in [9.17, 15) is 34.4 Å². The molecule has 0 aliphatic heterocycles. The Morgan fingerprint density at radius 3 is 1.96 bits per heavy atom. The minimum Gasteiger partial charge on any atom is -0.744 e. The van der Waals surface area contributed by atoms with Gasteiger partial charge in [0.15, 0.2) is 0 Å². The Hall–Kier alpha value is -0.730. The molecule has 0 aliphatic carbocycles. The molecule has 0 bridgehead atoms. The van der Waals surface area contributed by atoms with Crippen molar-refractivity contribution in [3.8, 4) is 0 Å². The predicted octanol–water partition coefficient (Wildman–Crippen LogP) is 0.116. The van der Waals surface area contributed by atoms with Crippen molar-refractivity contribution in [2.75, 3.05) is 0 Å². The van der Waals surface area contributed by atoms with Gasteiger partial charge in [0.05, 0.1) is 16.1 Å². The van der Waals surface area contributed by atoms with Gasteiger partial charge < -0.3 is 13.3 Å². The van der Waals surface area contributed by atoms with Gasteiger partial charge in [-0.15, -0.1) is 0 Å². The van der Waals surface area contributed by atoms with Crippen LogP contribution in [0.15, 0.2) is 57.9 Å². The van der Waals surface area contributed by atoms with Crippen molar-refractivity contribution in [2.45, 2.75) is 14.7 Å². The molecule has 2 aromatic carbocycles. The van der Waals surface area contributed by atoms with Gasteiger partial charge in [0.2, 0.25) is 0 Å². The van der Waals surface area contributed by atoms with Crippen molar-refractivity contribution >= 4 is 78.9 Å². The molecule has 9 nitrogen and oxygen atoms in total. The molecule has 0 saturated carbocycles. The van der Waals surface area contributed by atoms with Gasteiger partial charge in [0.1, 0.15) is 25.1 Å². The Morgan fingerprint density at radius 2 is 1.48 bits per heavy atom. The Bertz CT molecular complexity index is 1150. The van der Waals surface area contributed by atoms with Crippen LogP contribution >= 0.6 is 0 Å². The van der Waals surface area contributed by atoms with E-state index < -0.39 is 45.0 Å². The normalized spacial score (nSPS) is 12.4. The molecule has 0 unspecified atom stereocenters. The first-order chi connectivity index (χ1) is 10.9. The Morgan fingerprint density at radius 1 is 0.920 bits per heavy atom. The van der Waals surface area contributed by atoms with Crippen molar-refractivity contribution in [2.24, 2.45) is 0 Å². The average molecular weight is 432 g/mol. The fourth-order valence-corrected chi connectivity index (χ4v) is 5.68. The Kier molecular flexibility index (Phi) is 6.68. The van der Waals surface area contributed by atoms with Crippen molar-refractivity contribution in [1.82, 2.24) is 0 Å². The third-order valence-electron chi connectivity index (χ3n) is 2.89. The van der Waals surface area contributed by atoms with Gasteiger partial charge >= 0.3 is 47.9 Å². The second-order valence-corrected chi connectivity index (χ2v) is 8.55. The summed E-state index contributed by atoms with van der Waals surface area (Å²) in [5.74, 6) is 0. The monoisotopic (exact) mass is 432 g/mol. The molecule has 25 heavy (non-hydrogen) atoms. The molecule has 0 radical (unpaired) electrons. The molecule has 0 atom stereocenters. The Labute approximate surface area is 173 Å². The van der Waals surface area contributed by atoms with Crippen LogP contribution in [0.3, 0.4) is 0 Å². The molecule has 0 aliphatic rings. The second-order valence-electron chi connectivity index (χ2n) is 4.38. The first-order valence-electron chi connectivity index (χ1n) is 5.91. The summed E-state index contributed by atoms with van der Waals surface area (Å²) in [5.41, 5.74) is 0. The zero-order valence-electron chi connectivity index (χ0n) is 12.3. The Balaban J connectivity index is 0.00000312. The molecule has 0 N–H and O–H groups in total. The number of hydrogen-bond donors (Lipinski definition) is 0. The fraction of sp³-hybridized carbons (Fsp3) is 0. The summed E-state index contributed by atoms with van der Waals surface area (Å²) < 4.78 is 97.3. The van der Waals surface area contributed by atoms with Crippen molar-refractivity contribution in [3.05, 3.63) is 43.2 Å². The molecule has 0 heterocycles. The smallest absolute Gasteiger partial charge is 0.744 e. The number of rotatable bonds is 5. The summed E-state index contributed by atoms with van der Waals surface area (Å²) in [6, 6.07) is 5.69. The van der Waals surface area contributed by atoms with Gasteiger partial charge in [0.25, 0.3) is 0 Å². The standard InChI is InChI=1S/C12H10O9S3.Ca/c1-2-21-24(19,20)11-9-6-4-3-5-8(9)7-10(22(13,14)15)12(11)23(16,17)18;/h2-7H,1H2,(H,13,14,15)(H,16,17,18);/q;+2/p-2. The van der Waals surface area contributed by atoms with Gasteiger partial charge in [-0.1, -0.05) is 30.8 Å². The van der Waals surface area contributed by atoms with E-state index in [0.29, 0.717) is 12.3 Å². The molecule has 0 spiro atoms. The second kappa shape index (κ2) is 7.48. The molecule has 0 fully saturated rings. The van der Waals surface area contributed by atoms with E-state index in [1.807, 2.05) is 0 Å². The maximum Gasteiger partial charge on any atom is 2.00 e. The van der Waals surface area contributed by atoms with E-state index in [2.05, 4.69) is 10.8 Å². The van der Waals surface area contributed by atoms with Gasteiger partial charge in [0, 0.05) is 5.39 Å². The first-order valence-corrected chi connectivity index (χ1v) is 10.1. The summed E-state index contributed by atoms with van der Waals surface area (Å²) in [6.07, 6.45) is 0.448. The molecular weight excluding hydrogens is 424 g/mol. The first kappa shape index (κ1) is 22.3. The van der Waals surface area contributed by atoms with Gasteiger partial charge in [-0.05, 0) is 11.5 Å². The summed E-state index contributed by atoms with van der Waals surface area (Å²) in [7, 11) is -16.1. The van der Waals surface area contributed by atoms with E-state index in [1.54, 1.807) is 0 Å². The maximum atomic E-state index is 12.2. The average Bonchev–Trinajstić information content (AvgIpc) is 2.43. The topological polar surface area (TPSA) is 158 Å². The maximum absolute atomic E-state index is 12.2. The van der Waals surface area contributed by atoms with Crippen LogP contribution in [-0.2, 0) is 34.5 Å². The zero-order chi connectivity index (χ0) is 18.3. The molecule has 2 aromatic rings. The van der Waals surface area contributed by atoms with Gasteiger partial charge in [-0.25, -0.2) is 16.8 Å². The van der Waals surface area contributed by atoms with Crippen molar-refractivity contribution < 1.29 is 38.5 Å². The molecule has 13 heteroatoms. The SMILES string of the molecule is C=COS(=O)(=O)c1c(S(=O)(=O)[O-])c(S(=O)(=O)[O-])cc2ccccc12.[Ca+2]. The minimum atomic E-state index is -5.66. The van der Waals surface area contributed by atoms with Crippen LogP contribution < -0.4 is 0 Å². The summed E-state index contributed by atoms with van der Waals surface area (Å²) in [6.45, 7) is 3.01. The van der Waals surface area contributed by atoms with E-state index in [0.717, 1.165) is 6.07 Å². The fourth-order valence-electron chi connectivity index (χ4n) is 2.08. The van der Waals surface area contributed by atoms with Crippen LogP contribution in [0.4, 0.5) is 0 Å². The van der Waals surface area contributed by atoms with Crippen molar-refractivity contribution in [1.29, 1.82) is 0 Å². The van der Waals surface area contributed by atoms with Gasteiger partial charge in [-0.2, -0.15) is 8.42 Å². The summed E-state index contributed by atoms with van der Waals surface area (Å²) in [4.78, 5) is -4.38. The van der Waals surface area contributed by atoms with Gasteiger partial charge in [-0.3, -0.25) is 0 Å². The van der Waals surface area contributed by atoms with Crippen LogP contribution in [-0.4, -0.2) is 72.1 Å². The summed E-state index contributed by atoms with van der Waals surface area (Å²) in [5, 5.41) is -0.397. The van der Waals surface area contributed by atoms with E-state index >= 15 is 0 Å². The van der Waals surface area contributed by atoms with E-state index in [4.69, 9.17) is 0 Å². The third kappa shape index (κ3) is 4.52. The summed E-state index contributed by atoms with van der Waals surface area (Å²) >= 11 is 0. The van der Waals surface area contributed by atoms with E-state index in [1.165, 1.54) is 18.2 Å². The molecule has 0 aromatic heterocycles. The minimum absolute atomic E-state index is 0. The van der Waals surface area contributed by atoms with E-state index in [-0.39, 0.29) is 48.5 Å². The zero-order valence-corrected chi connectivity index (χ0v) is 16.9. The van der Waals surface area contributed by atoms with Crippen LogP contribution in [0, 0.1) is 0 Å². The quantitative estimate of drug-likeness (QED) is 0.277. The van der Waals surface area contributed by atoms with Crippen LogP contribution in [0.5, 0.6) is 0 Å². The number of hydrogen-bond acceptors (Lipinski definition) is 9. The van der Waals surface area contributed by atoms with Crippen LogP contribution in [0.25, 0.3) is 10.8 Å². The van der Waals surface area contributed by atoms with Crippen molar-refractivity contribution in [3.63, 3.8) is 0 Å². The molecule has 130 valence electrons. The molecule has 2 rings (SSSR count). The van der Waals surface area contributed by atoms with Crippen LogP contribution in [0.2, 0.25) is 0 Å². The number of fused-ring (bicyclic) bond motifs is 1. The van der Waals surface area contributed by atoms with Crippen LogP contribution in [0.1, 0.15) is 0 Å². The molecular formula is C12H8CaO9S3. The number of benzene rings is 2. The largest absolute Gasteiger partial charge is 2.00 e. The third-order valence-corrected chi connectivity index (χ3v) is 6.24. The molecule has 0 amide bonds. The predicted molar refractivity (Wildman–Crippen MR) is 84.1 cm³/mol. The molecule has 0 saturated heterocycles.